The quantitative estimate of drug-likeness (QED) is 0.807. The molecular weight excluding hydrogens is 282 g/mol. The average molecular weight is 300 g/mol. The predicted octanol–water partition coefficient (Wildman–Crippen LogP) is 3.26. The zero-order valence-corrected chi connectivity index (χ0v) is 12.1. The van der Waals surface area contributed by atoms with Gasteiger partial charge in [-0.3, -0.25) is 0 Å². The zero-order valence-electron chi connectivity index (χ0n) is 10.5. The molecule has 0 atom stereocenters. The van der Waals surface area contributed by atoms with Crippen molar-refractivity contribution in [3.63, 3.8) is 0 Å². The van der Waals surface area contributed by atoms with Crippen molar-refractivity contribution in [3.05, 3.63) is 22.7 Å². The summed E-state index contributed by atoms with van der Waals surface area (Å²) in [5.74, 6) is 1.07. The smallest absolute Gasteiger partial charge is 0.133 e. The number of ketones is 1. The Balaban J connectivity index is 2.59. The van der Waals surface area contributed by atoms with E-state index >= 15 is 0 Å². The molecule has 1 aromatic rings. The molecule has 1 aromatic carbocycles. The number of carbonyl (C=O) groups is 1. The summed E-state index contributed by atoms with van der Waals surface area (Å²) in [5, 5.41) is 0. The van der Waals surface area contributed by atoms with E-state index in [4.69, 9.17) is 4.74 Å². The van der Waals surface area contributed by atoms with Crippen molar-refractivity contribution in [1.82, 2.24) is 0 Å². The summed E-state index contributed by atoms with van der Waals surface area (Å²) >= 11 is 3.46. The Hall–Kier alpha value is -1.03. The SMILES string of the molecule is COc1ccc(N(C)CCCC(C)=O)cc1Br. The molecule has 0 aliphatic heterocycles. The second kappa shape index (κ2) is 6.64. The van der Waals surface area contributed by atoms with Crippen LogP contribution in [0, 0.1) is 0 Å². The Morgan fingerprint density at radius 1 is 1.47 bits per heavy atom. The van der Waals surface area contributed by atoms with Gasteiger partial charge in [-0.2, -0.15) is 0 Å². The van der Waals surface area contributed by atoms with Gasteiger partial charge in [0.25, 0.3) is 0 Å². The number of ether oxygens (including phenoxy) is 1. The number of hydrogen-bond donors (Lipinski definition) is 0. The average Bonchev–Trinajstić information content (AvgIpc) is 2.28. The van der Waals surface area contributed by atoms with E-state index in [1.54, 1.807) is 14.0 Å². The van der Waals surface area contributed by atoms with Gasteiger partial charge in [0.2, 0.25) is 0 Å². The summed E-state index contributed by atoms with van der Waals surface area (Å²) in [7, 11) is 3.67. The first-order valence-electron chi connectivity index (χ1n) is 5.58. The molecular formula is C13H18BrNO2. The molecule has 0 N–H and O–H groups in total. The highest BCUT2D eigenvalue weighted by Crippen LogP contribution is 2.29. The van der Waals surface area contributed by atoms with Crippen molar-refractivity contribution in [2.45, 2.75) is 19.8 Å². The van der Waals surface area contributed by atoms with Crippen LogP contribution in [-0.4, -0.2) is 26.5 Å². The Morgan fingerprint density at radius 3 is 2.71 bits per heavy atom. The number of Topliss-reactive ketones (excluding diaryl/α,β-unsaturated/α-hetero) is 1. The van der Waals surface area contributed by atoms with Gasteiger partial charge in [0.05, 0.1) is 11.6 Å². The molecule has 94 valence electrons. The summed E-state index contributed by atoms with van der Waals surface area (Å²) in [6, 6.07) is 5.96. The van der Waals surface area contributed by atoms with E-state index in [0.29, 0.717) is 6.42 Å². The lowest BCUT2D eigenvalue weighted by Gasteiger charge is -2.19. The molecule has 0 aliphatic carbocycles. The molecule has 0 bridgehead atoms. The molecule has 0 fully saturated rings. The van der Waals surface area contributed by atoms with E-state index in [1.165, 1.54) is 0 Å². The molecule has 0 amide bonds. The number of halogens is 1. The monoisotopic (exact) mass is 299 g/mol. The summed E-state index contributed by atoms with van der Waals surface area (Å²) in [4.78, 5) is 13.0. The van der Waals surface area contributed by atoms with Crippen molar-refractivity contribution in [3.8, 4) is 5.75 Å². The fraction of sp³-hybridized carbons (Fsp3) is 0.462. The lowest BCUT2D eigenvalue weighted by atomic mass is 10.2. The van der Waals surface area contributed by atoms with Crippen molar-refractivity contribution < 1.29 is 9.53 Å². The summed E-state index contributed by atoms with van der Waals surface area (Å²) in [6.45, 7) is 2.50. The lowest BCUT2D eigenvalue weighted by molar-refractivity contribution is -0.117. The van der Waals surface area contributed by atoms with E-state index in [-0.39, 0.29) is 5.78 Å². The van der Waals surface area contributed by atoms with E-state index in [2.05, 4.69) is 20.8 Å². The number of benzene rings is 1. The highest BCUT2D eigenvalue weighted by Gasteiger charge is 2.05. The van der Waals surface area contributed by atoms with E-state index in [0.717, 1.165) is 28.9 Å². The van der Waals surface area contributed by atoms with Crippen LogP contribution in [0.3, 0.4) is 0 Å². The van der Waals surface area contributed by atoms with Crippen molar-refractivity contribution in [2.75, 3.05) is 25.6 Å². The first-order chi connectivity index (χ1) is 8.04. The van der Waals surface area contributed by atoms with Crippen LogP contribution in [0.25, 0.3) is 0 Å². The molecule has 0 radical (unpaired) electrons. The summed E-state index contributed by atoms with van der Waals surface area (Å²) in [5.41, 5.74) is 1.11. The zero-order chi connectivity index (χ0) is 12.8. The third kappa shape index (κ3) is 4.38. The van der Waals surface area contributed by atoms with Crippen molar-refractivity contribution >= 4 is 27.4 Å². The van der Waals surface area contributed by atoms with Crippen LogP contribution in [0.1, 0.15) is 19.8 Å². The van der Waals surface area contributed by atoms with E-state index in [9.17, 15) is 4.79 Å². The molecule has 17 heavy (non-hydrogen) atoms. The number of rotatable bonds is 6. The second-order valence-electron chi connectivity index (χ2n) is 4.05. The van der Waals surface area contributed by atoms with Gasteiger partial charge in [-0.15, -0.1) is 0 Å². The predicted molar refractivity (Wildman–Crippen MR) is 73.9 cm³/mol. The molecule has 0 heterocycles. The van der Waals surface area contributed by atoms with Gasteiger partial charge < -0.3 is 14.4 Å². The molecule has 0 unspecified atom stereocenters. The molecule has 3 nitrogen and oxygen atoms in total. The maximum atomic E-state index is 10.9. The Kier molecular flexibility index (Phi) is 5.48. The normalized spacial score (nSPS) is 10.1. The van der Waals surface area contributed by atoms with Gasteiger partial charge in [0.15, 0.2) is 0 Å². The van der Waals surface area contributed by atoms with Gasteiger partial charge in [0, 0.05) is 25.7 Å². The highest BCUT2D eigenvalue weighted by molar-refractivity contribution is 9.10. The van der Waals surface area contributed by atoms with Crippen LogP contribution >= 0.6 is 15.9 Å². The van der Waals surface area contributed by atoms with E-state index < -0.39 is 0 Å². The van der Waals surface area contributed by atoms with Crippen molar-refractivity contribution in [2.24, 2.45) is 0 Å². The Bertz CT molecular complexity index is 393. The fourth-order valence-corrected chi connectivity index (χ4v) is 2.12. The van der Waals surface area contributed by atoms with Crippen LogP contribution in [-0.2, 0) is 4.79 Å². The van der Waals surface area contributed by atoms with Crippen LogP contribution in [0.2, 0.25) is 0 Å². The van der Waals surface area contributed by atoms with Gasteiger partial charge in [-0.25, -0.2) is 0 Å². The topological polar surface area (TPSA) is 29.5 Å². The van der Waals surface area contributed by atoms with Gasteiger partial charge in [-0.1, -0.05) is 0 Å². The number of nitrogens with zero attached hydrogens (tertiary/aromatic N) is 1. The third-order valence-electron chi connectivity index (χ3n) is 2.60. The van der Waals surface area contributed by atoms with Crippen LogP contribution in [0.4, 0.5) is 5.69 Å². The van der Waals surface area contributed by atoms with Crippen LogP contribution in [0.5, 0.6) is 5.75 Å². The van der Waals surface area contributed by atoms with Crippen LogP contribution < -0.4 is 9.64 Å². The van der Waals surface area contributed by atoms with Gasteiger partial charge >= 0.3 is 0 Å². The molecule has 0 aliphatic rings. The standard InChI is InChI=1S/C13H18BrNO2/c1-10(16)5-4-8-15(2)11-6-7-13(17-3)12(14)9-11/h6-7,9H,4-5,8H2,1-3H3. The fourth-order valence-electron chi connectivity index (χ4n) is 1.59. The lowest BCUT2D eigenvalue weighted by Crippen LogP contribution is -2.19. The van der Waals surface area contributed by atoms with Gasteiger partial charge in [-0.05, 0) is 47.5 Å². The second-order valence-corrected chi connectivity index (χ2v) is 4.90. The number of hydrogen-bond acceptors (Lipinski definition) is 3. The van der Waals surface area contributed by atoms with Gasteiger partial charge in [0.1, 0.15) is 11.5 Å². The first-order valence-corrected chi connectivity index (χ1v) is 6.38. The van der Waals surface area contributed by atoms with Crippen LogP contribution in [0.15, 0.2) is 22.7 Å². The minimum absolute atomic E-state index is 0.245. The number of methoxy groups -OCH3 is 1. The summed E-state index contributed by atoms with van der Waals surface area (Å²) < 4.78 is 6.12. The molecule has 1 rings (SSSR count). The van der Waals surface area contributed by atoms with E-state index in [1.807, 2.05) is 25.2 Å². The molecule has 4 heteroatoms. The van der Waals surface area contributed by atoms with Crippen molar-refractivity contribution in [1.29, 1.82) is 0 Å². The minimum atomic E-state index is 0.245. The largest absolute Gasteiger partial charge is 0.496 e. The molecule has 0 aromatic heterocycles. The highest BCUT2D eigenvalue weighted by atomic mass is 79.9. The molecule has 0 saturated heterocycles. The number of anilines is 1. The molecule has 0 spiro atoms. The first kappa shape index (κ1) is 14.0. The maximum Gasteiger partial charge on any atom is 0.133 e. The summed E-state index contributed by atoms with van der Waals surface area (Å²) in [6.07, 6.45) is 1.52. The number of carbonyl (C=O) groups excluding carboxylic acids is 1. The Labute approximate surface area is 111 Å². The molecule has 0 saturated carbocycles. The minimum Gasteiger partial charge on any atom is -0.496 e. The third-order valence-corrected chi connectivity index (χ3v) is 3.22. The Morgan fingerprint density at radius 2 is 2.18 bits per heavy atom. The maximum absolute atomic E-state index is 10.9.